The van der Waals surface area contributed by atoms with Crippen LogP contribution in [0.4, 0.5) is 0 Å². The predicted octanol–water partition coefficient (Wildman–Crippen LogP) is 12.6. The summed E-state index contributed by atoms with van der Waals surface area (Å²) in [7, 11) is 0. The average molecular weight is 625 g/mol. The van der Waals surface area contributed by atoms with Gasteiger partial charge in [0.2, 0.25) is 0 Å². The molecule has 49 heavy (non-hydrogen) atoms. The number of furan rings is 1. The summed E-state index contributed by atoms with van der Waals surface area (Å²) in [6.45, 7) is 0. The van der Waals surface area contributed by atoms with E-state index in [2.05, 4.69) is 179 Å². The van der Waals surface area contributed by atoms with Crippen LogP contribution in [0.1, 0.15) is 0 Å². The molecule has 3 heterocycles. The standard InChI is InChI=1S/C46H28N2O/c1-2-13-32(14-3-1)47-41-19-8-6-15-35(41)38-28-44-39(27-43(38)47)36-16-7-9-20-42(36)48(44)33-23-21-29(22-24-33)34-17-10-18-37-40-25-30-11-4-5-12-31(30)26-45(40)49-46(34)37/h1-28H. The molecule has 0 aliphatic rings. The van der Waals surface area contributed by atoms with Crippen molar-refractivity contribution < 1.29 is 4.42 Å². The zero-order valence-electron chi connectivity index (χ0n) is 26.5. The van der Waals surface area contributed by atoms with Crippen molar-refractivity contribution in [2.24, 2.45) is 0 Å². The highest BCUT2D eigenvalue weighted by Crippen LogP contribution is 2.41. The molecular weight excluding hydrogens is 597 g/mol. The van der Waals surface area contributed by atoms with E-state index in [9.17, 15) is 0 Å². The molecule has 0 fully saturated rings. The maximum atomic E-state index is 6.57. The van der Waals surface area contributed by atoms with E-state index >= 15 is 0 Å². The zero-order chi connectivity index (χ0) is 32.1. The molecule has 0 saturated carbocycles. The number of fused-ring (bicyclic) bond motifs is 10. The lowest BCUT2D eigenvalue weighted by atomic mass is 10.0. The monoisotopic (exact) mass is 624 g/mol. The second-order valence-corrected chi connectivity index (χ2v) is 13.0. The number of hydrogen-bond acceptors (Lipinski definition) is 1. The molecule has 0 unspecified atom stereocenters. The minimum Gasteiger partial charge on any atom is -0.455 e. The van der Waals surface area contributed by atoms with Crippen LogP contribution in [0.2, 0.25) is 0 Å². The van der Waals surface area contributed by atoms with Gasteiger partial charge in [-0.25, -0.2) is 0 Å². The molecule has 3 nitrogen and oxygen atoms in total. The molecule has 3 aromatic heterocycles. The number of aromatic nitrogens is 2. The molecule has 0 spiro atoms. The van der Waals surface area contributed by atoms with Gasteiger partial charge in [-0.1, -0.05) is 109 Å². The Kier molecular flexibility index (Phi) is 5.38. The Hall–Kier alpha value is -6.58. The second kappa shape index (κ2) is 9.96. The summed E-state index contributed by atoms with van der Waals surface area (Å²) in [5.41, 5.74) is 11.2. The Bertz CT molecular complexity index is 3090. The Morgan fingerprint density at radius 3 is 1.57 bits per heavy atom. The van der Waals surface area contributed by atoms with E-state index in [0.717, 1.165) is 38.8 Å². The number of nitrogens with zero attached hydrogens (tertiary/aromatic N) is 2. The lowest BCUT2D eigenvalue weighted by Crippen LogP contribution is -1.94. The highest BCUT2D eigenvalue weighted by Gasteiger charge is 2.19. The van der Waals surface area contributed by atoms with Crippen LogP contribution in [0.25, 0.3) is 98.8 Å². The van der Waals surface area contributed by atoms with Gasteiger partial charge in [0, 0.05) is 49.3 Å². The van der Waals surface area contributed by atoms with Crippen molar-refractivity contribution in [2.75, 3.05) is 0 Å². The van der Waals surface area contributed by atoms with Crippen LogP contribution in [0.15, 0.2) is 174 Å². The molecular formula is C46H28N2O. The van der Waals surface area contributed by atoms with Crippen LogP contribution in [-0.4, -0.2) is 9.13 Å². The molecule has 228 valence electrons. The van der Waals surface area contributed by atoms with Crippen LogP contribution >= 0.6 is 0 Å². The fourth-order valence-electron chi connectivity index (χ4n) is 8.06. The highest BCUT2D eigenvalue weighted by atomic mass is 16.3. The van der Waals surface area contributed by atoms with Crippen LogP contribution in [0, 0.1) is 0 Å². The van der Waals surface area contributed by atoms with Crippen molar-refractivity contribution in [3.05, 3.63) is 170 Å². The number of rotatable bonds is 3. The summed E-state index contributed by atoms with van der Waals surface area (Å²) in [4.78, 5) is 0. The highest BCUT2D eigenvalue weighted by molar-refractivity contribution is 6.19. The lowest BCUT2D eigenvalue weighted by Gasteiger charge is -2.10. The first-order chi connectivity index (χ1) is 24.3. The number of benzene rings is 8. The summed E-state index contributed by atoms with van der Waals surface area (Å²) >= 11 is 0. The first-order valence-corrected chi connectivity index (χ1v) is 16.8. The van der Waals surface area contributed by atoms with Gasteiger partial charge in [0.05, 0.1) is 22.1 Å². The summed E-state index contributed by atoms with van der Waals surface area (Å²) < 4.78 is 11.4. The summed E-state index contributed by atoms with van der Waals surface area (Å²) in [5.74, 6) is 0. The van der Waals surface area contributed by atoms with Gasteiger partial charge in [0.1, 0.15) is 11.2 Å². The molecule has 0 saturated heterocycles. The van der Waals surface area contributed by atoms with Gasteiger partial charge in [0.25, 0.3) is 0 Å². The number of para-hydroxylation sites is 4. The molecule has 11 rings (SSSR count). The first kappa shape index (κ1) is 26.5. The number of hydrogen-bond donors (Lipinski definition) is 0. The smallest absolute Gasteiger partial charge is 0.143 e. The molecule has 8 aromatic carbocycles. The van der Waals surface area contributed by atoms with Crippen molar-refractivity contribution in [1.82, 2.24) is 9.13 Å². The maximum absolute atomic E-state index is 6.57. The van der Waals surface area contributed by atoms with E-state index in [1.807, 2.05) is 0 Å². The van der Waals surface area contributed by atoms with Gasteiger partial charge in [0.15, 0.2) is 0 Å². The van der Waals surface area contributed by atoms with Crippen molar-refractivity contribution in [3.8, 4) is 22.5 Å². The van der Waals surface area contributed by atoms with Gasteiger partial charge < -0.3 is 13.6 Å². The molecule has 0 amide bonds. The topological polar surface area (TPSA) is 23.0 Å². The van der Waals surface area contributed by atoms with E-state index in [-0.39, 0.29) is 0 Å². The van der Waals surface area contributed by atoms with E-state index in [4.69, 9.17) is 4.42 Å². The summed E-state index contributed by atoms with van der Waals surface area (Å²) in [6, 6.07) is 61.2. The zero-order valence-corrected chi connectivity index (χ0v) is 26.5. The van der Waals surface area contributed by atoms with E-state index in [1.165, 1.54) is 60.1 Å². The SMILES string of the molecule is c1ccc(-n2c3ccccc3c3cc4c(cc32)c2ccccc2n4-c2ccc(-c3cccc4c3oc3cc5ccccc5cc34)cc2)cc1. The summed E-state index contributed by atoms with van der Waals surface area (Å²) in [6.07, 6.45) is 0. The van der Waals surface area contributed by atoms with Crippen LogP contribution in [-0.2, 0) is 0 Å². The Labute approximate surface area is 281 Å². The molecule has 3 heteroatoms. The first-order valence-electron chi connectivity index (χ1n) is 16.8. The maximum Gasteiger partial charge on any atom is 0.143 e. The van der Waals surface area contributed by atoms with Crippen LogP contribution < -0.4 is 0 Å². The van der Waals surface area contributed by atoms with Crippen molar-refractivity contribution >= 4 is 76.3 Å². The van der Waals surface area contributed by atoms with Gasteiger partial charge in [-0.2, -0.15) is 0 Å². The average Bonchev–Trinajstić information content (AvgIpc) is 3.80. The third-order valence-electron chi connectivity index (χ3n) is 10.3. The summed E-state index contributed by atoms with van der Waals surface area (Å²) in [5, 5.41) is 9.69. The molecule has 0 radical (unpaired) electrons. The predicted molar refractivity (Wildman–Crippen MR) is 205 cm³/mol. The van der Waals surface area contributed by atoms with Crippen molar-refractivity contribution in [2.45, 2.75) is 0 Å². The second-order valence-electron chi connectivity index (χ2n) is 13.0. The van der Waals surface area contributed by atoms with E-state index in [1.54, 1.807) is 0 Å². The lowest BCUT2D eigenvalue weighted by molar-refractivity contribution is 0.670. The third kappa shape index (κ3) is 3.78. The van der Waals surface area contributed by atoms with Crippen molar-refractivity contribution in [3.63, 3.8) is 0 Å². The third-order valence-corrected chi connectivity index (χ3v) is 10.3. The molecule has 11 aromatic rings. The molecule has 0 aliphatic heterocycles. The minimum absolute atomic E-state index is 0.919. The van der Waals surface area contributed by atoms with E-state index in [0.29, 0.717) is 0 Å². The Morgan fingerprint density at radius 1 is 0.347 bits per heavy atom. The fourth-order valence-corrected chi connectivity index (χ4v) is 8.06. The van der Waals surface area contributed by atoms with Gasteiger partial charge in [-0.3, -0.25) is 0 Å². The largest absolute Gasteiger partial charge is 0.455 e. The van der Waals surface area contributed by atoms with Crippen LogP contribution in [0.5, 0.6) is 0 Å². The molecule has 0 aliphatic carbocycles. The Balaban J connectivity index is 1.11. The van der Waals surface area contributed by atoms with Gasteiger partial charge in [-0.15, -0.1) is 0 Å². The van der Waals surface area contributed by atoms with E-state index < -0.39 is 0 Å². The van der Waals surface area contributed by atoms with Crippen LogP contribution in [0.3, 0.4) is 0 Å². The molecule has 0 N–H and O–H groups in total. The quantitative estimate of drug-likeness (QED) is 0.192. The van der Waals surface area contributed by atoms with Gasteiger partial charge in [-0.05, 0) is 77.0 Å². The molecule has 0 bridgehead atoms. The van der Waals surface area contributed by atoms with Crippen molar-refractivity contribution in [1.29, 1.82) is 0 Å². The van der Waals surface area contributed by atoms with Gasteiger partial charge >= 0.3 is 0 Å². The Morgan fingerprint density at radius 2 is 0.898 bits per heavy atom. The molecule has 0 atom stereocenters. The minimum atomic E-state index is 0.919. The normalized spacial score (nSPS) is 12.1. The fraction of sp³-hybridized carbons (Fsp3) is 0.